The first kappa shape index (κ1) is 12.6. The Morgan fingerprint density at radius 2 is 2.00 bits per heavy atom. The van der Waals surface area contributed by atoms with Crippen LogP contribution in [0.5, 0.6) is 0 Å². The largest absolute Gasteiger partial charge is 0.330 e. The molecule has 0 saturated heterocycles. The van der Waals surface area contributed by atoms with E-state index in [4.69, 9.17) is 17.3 Å². The summed E-state index contributed by atoms with van der Waals surface area (Å²) in [6, 6.07) is 12.5. The number of aryl methyl sites for hydroxylation is 1. The molecule has 0 fully saturated rings. The molecule has 2 N–H and O–H groups in total. The van der Waals surface area contributed by atoms with Crippen molar-refractivity contribution in [3.63, 3.8) is 0 Å². The van der Waals surface area contributed by atoms with Crippen LogP contribution in [0.4, 0.5) is 0 Å². The second-order valence-corrected chi connectivity index (χ2v) is 6.00. The summed E-state index contributed by atoms with van der Waals surface area (Å²) in [6.07, 6.45) is 0.971. The van der Waals surface area contributed by atoms with Crippen molar-refractivity contribution in [1.82, 2.24) is 0 Å². The number of hydrogen-bond donors (Lipinski definition) is 1. The number of halogens is 1. The van der Waals surface area contributed by atoms with Crippen molar-refractivity contribution in [2.24, 2.45) is 5.73 Å². The van der Waals surface area contributed by atoms with Crippen molar-refractivity contribution in [2.45, 2.75) is 19.3 Å². The maximum Gasteiger partial charge on any atom is 0.0931 e. The minimum Gasteiger partial charge on any atom is -0.330 e. The summed E-state index contributed by atoms with van der Waals surface area (Å²) in [7, 11) is 0. The first-order valence-corrected chi connectivity index (χ1v) is 6.90. The lowest BCUT2D eigenvalue weighted by Crippen LogP contribution is -2.15. The minimum atomic E-state index is 0.380. The molecule has 0 saturated carbocycles. The first-order valence-electron chi connectivity index (χ1n) is 5.70. The highest BCUT2D eigenvalue weighted by Crippen LogP contribution is 2.28. The standard InChI is InChI=1S/C14H16ClNS/c1-10-4-2-3-5-13(10)11(9-16)8-12-6-7-14(15)17-12/h2-7,11H,8-9,16H2,1H3. The molecule has 1 nitrogen and oxygen atoms in total. The molecule has 0 aliphatic carbocycles. The van der Waals surface area contributed by atoms with E-state index >= 15 is 0 Å². The number of benzene rings is 1. The van der Waals surface area contributed by atoms with Gasteiger partial charge in [0.05, 0.1) is 4.34 Å². The molecule has 1 atom stereocenters. The van der Waals surface area contributed by atoms with Gasteiger partial charge in [0, 0.05) is 10.8 Å². The molecule has 3 heteroatoms. The highest BCUT2D eigenvalue weighted by Gasteiger charge is 2.13. The highest BCUT2D eigenvalue weighted by atomic mass is 35.5. The molecule has 1 aromatic heterocycles. The zero-order valence-corrected chi connectivity index (χ0v) is 11.4. The molecule has 0 radical (unpaired) electrons. The fraction of sp³-hybridized carbons (Fsp3) is 0.286. The molecule has 2 rings (SSSR count). The number of thiophene rings is 1. The monoisotopic (exact) mass is 265 g/mol. The lowest BCUT2D eigenvalue weighted by Gasteiger charge is -2.16. The lowest BCUT2D eigenvalue weighted by atomic mass is 9.92. The fourth-order valence-electron chi connectivity index (χ4n) is 2.07. The maximum absolute atomic E-state index is 5.95. The van der Waals surface area contributed by atoms with E-state index in [9.17, 15) is 0 Å². The van der Waals surface area contributed by atoms with Gasteiger partial charge in [-0.05, 0) is 43.1 Å². The van der Waals surface area contributed by atoms with Crippen LogP contribution in [0.25, 0.3) is 0 Å². The third-order valence-corrected chi connectivity index (χ3v) is 4.24. The van der Waals surface area contributed by atoms with Crippen molar-refractivity contribution < 1.29 is 0 Å². The van der Waals surface area contributed by atoms with Crippen LogP contribution in [0.2, 0.25) is 4.34 Å². The van der Waals surface area contributed by atoms with Crippen molar-refractivity contribution in [2.75, 3.05) is 6.54 Å². The first-order chi connectivity index (χ1) is 8.20. The molecule has 1 heterocycles. The molecule has 1 unspecified atom stereocenters. The molecule has 0 spiro atoms. The van der Waals surface area contributed by atoms with E-state index in [0.29, 0.717) is 12.5 Å². The Balaban J connectivity index is 2.20. The van der Waals surface area contributed by atoms with E-state index in [-0.39, 0.29) is 0 Å². The second kappa shape index (κ2) is 5.67. The minimum absolute atomic E-state index is 0.380. The number of rotatable bonds is 4. The van der Waals surface area contributed by atoms with Gasteiger partial charge in [-0.3, -0.25) is 0 Å². The zero-order chi connectivity index (χ0) is 12.3. The maximum atomic E-state index is 5.95. The van der Waals surface area contributed by atoms with Crippen molar-refractivity contribution >= 4 is 22.9 Å². The number of nitrogens with two attached hydrogens (primary N) is 1. The fourth-order valence-corrected chi connectivity index (χ4v) is 3.24. The molecule has 0 bridgehead atoms. The normalized spacial score (nSPS) is 12.6. The Bertz CT molecular complexity index is 492. The van der Waals surface area contributed by atoms with Crippen LogP contribution >= 0.6 is 22.9 Å². The molecule has 0 aliphatic rings. The van der Waals surface area contributed by atoms with Gasteiger partial charge in [0.2, 0.25) is 0 Å². The molecule has 2 aromatic rings. The average molecular weight is 266 g/mol. The van der Waals surface area contributed by atoms with E-state index in [0.717, 1.165) is 10.8 Å². The summed E-state index contributed by atoms with van der Waals surface area (Å²) < 4.78 is 0.848. The summed E-state index contributed by atoms with van der Waals surface area (Å²) in [5, 5.41) is 0. The van der Waals surface area contributed by atoms with E-state index in [1.165, 1.54) is 16.0 Å². The molecule has 0 amide bonds. The third-order valence-electron chi connectivity index (χ3n) is 2.99. The van der Waals surface area contributed by atoms with Gasteiger partial charge in [0.15, 0.2) is 0 Å². The van der Waals surface area contributed by atoms with Crippen LogP contribution in [0, 0.1) is 6.92 Å². The Morgan fingerprint density at radius 3 is 2.59 bits per heavy atom. The van der Waals surface area contributed by atoms with Gasteiger partial charge in [-0.2, -0.15) is 0 Å². The summed E-state index contributed by atoms with van der Waals surface area (Å²) in [6.45, 7) is 2.81. The predicted octanol–water partition coefficient (Wildman–Crippen LogP) is 3.99. The molecule has 1 aromatic carbocycles. The Morgan fingerprint density at radius 1 is 1.24 bits per heavy atom. The van der Waals surface area contributed by atoms with Crippen LogP contribution in [-0.4, -0.2) is 6.54 Å². The molecule has 17 heavy (non-hydrogen) atoms. The number of hydrogen-bond acceptors (Lipinski definition) is 2. The van der Waals surface area contributed by atoms with Crippen molar-refractivity contribution in [1.29, 1.82) is 0 Å². The van der Waals surface area contributed by atoms with Crippen LogP contribution in [-0.2, 0) is 6.42 Å². The summed E-state index contributed by atoms with van der Waals surface area (Å²) in [5.74, 6) is 0.380. The van der Waals surface area contributed by atoms with Crippen LogP contribution < -0.4 is 5.73 Å². The van der Waals surface area contributed by atoms with Crippen molar-refractivity contribution in [3.05, 3.63) is 56.7 Å². The van der Waals surface area contributed by atoms with E-state index < -0.39 is 0 Å². The average Bonchev–Trinajstić information content (AvgIpc) is 2.73. The Hall–Kier alpha value is -0.830. The quantitative estimate of drug-likeness (QED) is 0.889. The summed E-state index contributed by atoms with van der Waals surface area (Å²) in [5.41, 5.74) is 8.56. The lowest BCUT2D eigenvalue weighted by molar-refractivity contribution is 0.696. The van der Waals surface area contributed by atoms with E-state index in [1.807, 2.05) is 6.07 Å². The molecule has 0 aliphatic heterocycles. The van der Waals surface area contributed by atoms with Gasteiger partial charge in [-0.1, -0.05) is 35.9 Å². The van der Waals surface area contributed by atoms with Gasteiger partial charge < -0.3 is 5.73 Å². The molecular weight excluding hydrogens is 250 g/mol. The van der Waals surface area contributed by atoms with E-state index in [1.54, 1.807) is 11.3 Å². The topological polar surface area (TPSA) is 26.0 Å². The van der Waals surface area contributed by atoms with Crippen LogP contribution in [0.3, 0.4) is 0 Å². The smallest absolute Gasteiger partial charge is 0.0931 e. The summed E-state index contributed by atoms with van der Waals surface area (Å²) >= 11 is 7.59. The van der Waals surface area contributed by atoms with Crippen LogP contribution in [0.1, 0.15) is 21.9 Å². The SMILES string of the molecule is Cc1ccccc1C(CN)Cc1ccc(Cl)s1. The Kier molecular flexibility index (Phi) is 4.21. The molecular formula is C14H16ClNS. The third kappa shape index (κ3) is 3.09. The van der Waals surface area contributed by atoms with E-state index in [2.05, 4.69) is 37.3 Å². The highest BCUT2D eigenvalue weighted by molar-refractivity contribution is 7.16. The van der Waals surface area contributed by atoms with Crippen LogP contribution in [0.15, 0.2) is 36.4 Å². The van der Waals surface area contributed by atoms with Gasteiger partial charge in [-0.25, -0.2) is 0 Å². The second-order valence-electron chi connectivity index (χ2n) is 4.20. The van der Waals surface area contributed by atoms with Gasteiger partial charge in [-0.15, -0.1) is 11.3 Å². The van der Waals surface area contributed by atoms with Gasteiger partial charge in [0.25, 0.3) is 0 Å². The zero-order valence-electron chi connectivity index (χ0n) is 9.82. The van der Waals surface area contributed by atoms with Gasteiger partial charge >= 0.3 is 0 Å². The molecule has 90 valence electrons. The predicted molar refractivity (Wildman–Crippen MR) is 76.0 cm³/mol. The van der Waals surface area contributed by atoms with Gasteiger partial charge in [0.1, 0.15) is 0 Å². The Labute approximate surface area is 111 Å². The summed E-state index contributed by atoms with van der Waals surface area (Å²) in [4.78, 5) is 1.30. The van der Waals surface area contributed by atoms with Crippen molar-refractivity contribution in [3.8, 4) is 0 Å².